The van der Waals surface area contributed by atoms with Crippen molar-refractivity contribution in [2.24, 2.45) is 0 Å². The smallest absolute Gasteiger partial charge is 0.319 e. The van der Waals surface area contributed by atoms with Crippen molar-refractivity contribution in [1.29, 1.82) is 0 Å². The van der Waals surface area contributed by atoms with Crippen LogP contribution in [0.1, 0.15) is 31.9 Å². The lowest BCUT2D eigenvalue weighted by Crippen LogP contribution is -2.27. The average molecular weight is 268 g/mol. The predicted molar refractivity (Wildman–Crippen MR) is 73.7 cm³/mol. The number of rotatable bonds is 4. The van der Waals surface area contributed by atoms with Crippen molar-refractivity contribution < 1.29 is 13.7 Å². The second-order valence-corrected chi connectivity index (χ2v) is 6.76. The van der Waals surface area contributed by atoms with Crippen molar-refractivity contribution in [2.75, 3.05) is 5.75 Å². The van der Waals surface area contributed by atoms with Crippen molar-refractivity contribution in [3.05, 3.63) is 35.4 Å². The third kappa shape index (κ3) is 5.96. The van der Waals surface area contributed by atoms with Crippen molar-refractivity contribution in [3.63, 3.8) is 0 Å². The van der Waals surface area contributed by atoms with E-state index in [2.05, 4.69) is 0 Å². The van der Waals surface area contributed by atoms with Crippen LogP contribution in [0.5, 0.6) is 0 Å². The Kier molecular flexibility index (Phi) is 5.08. The highest BCUT2D eigenvalue weighted by Crippen LogP contribution is 2.09. The summed E-state index contributed by atoms with van der Waals surface area (Å²) in [6.45, 7) is 7.40. The van der Waals surface area contributed by atoms with Crippen LogP contribution < -0.4 is 0 Å². The first-order valence-electron chi connectivity index (χ1n) is 5.88. The van der Waals surface area contributed by atoms with Crippen molar-refractivity contribution >= 4 is 16.8 Å². The second-order valence-electron chi connectivity index (χ2n) is 5.30. The predicted octanol–water partition coefficient (Wildman–Crippen LogP) is 2.59. The van der Waals surface area contributed by atoms with Gasteiger partial charge in [0.05, 0.1) is 0 Å². The Morgan fingerprint density at radius 1 is 1.22 bits per heavy atom. The van der Waals surface area contributed by atoms with Crippen molar-refractivity contribution in [1.82, 2.24) is 0 Å². The summed E-state index contributed by atoms with van der Waals surface area (Å²) in [7, 11) is -1.22. The molecule has 0 aromatic heterocycles. The molecule has 1 atom stereocenters. The third-order valence-electron chi connectivity index (χ3n) is 2.15. The number of hydrogen-bond acceptors (Lipinski definition) is 3. The fraction of sp³-hybridized carbons (Fsp3) is 0.500. The number of benzene rings is 1. The molecule has 0 aliphatic carbocycles. The van der Waals surface area contributed by atoms with Crippen molar-refractivity contribution in [3.8, 4) is 0 Å². The molecular formula is C14H20O3S. The highest BCUT2D eigenvalue weighted by molar-refractivity contribution is 7.84. The summed E-state index contributed by atoms with van der Waals surface area (Å²) in [6, 6.07) is 7.81. The molecular weight excluding hydrogens is 248 g/mol. The molecule has 18 heavy (non-hydrogen) atoms. The van der Waals surface area contributed by atoms with Crippen LogP contribution in [-0.2, 0) is 26.1 Å². The molecule has 0 heterocycles. The van der Waals surface area contributed by atoms with E-state index >= 15 is 0 Å². The Morgan fingerprint density at radius 2 is 1.78 bits per heavy atom. The van der Waals surface area contributed by atoms with E-state index in [9.17, 15) is 9.00 Å². The highest BCUT2D eigenvalue weighted by Gasteiger charge is 2.18. The van der Waals surface area contributed by atoms with Gasteiger partial charge in [-0.3, -0.25) is 9.00 Å². The van der Waals surface area contributed by atoms with Crippen LogP contribution in [0.3, 0.4) is 0 Å². The summed E-state index contributed by atoms with van der Waals surface area (Å²) in [6.07, 6.45) is 0. The molecule has 0 spiro atoms. The number of carbonyl (C=O) groups excluding carboxylic acids is 1. The first kappa shape index (κ1) is 14.9. The van der Waals surface area contributed by atoms with Gasteiger partial charge in [0.2, 0.25) is 0 Å². The number of aryl methyl sites for hydroxylation is 1. The van der Waals surface area contributed by atoms with Crippen LogP contribution in [-0.4, -0.2) is 21.5 Å². The molecule has 0 unspecified atom stereocenters. The Labute approximate surface area is 111 Å². The Morgan fingerprint density at radius 3 is 2.28 bits per heavy atom. The van der Waals surface area contributed by atoms with Crippen LogP contribution in [0.15, 0.2) is 24.3 Å². The largest absolute Gasteiger partial charge is 0.459 e. The Balaban J connectivity index is 2.47. The fourth-order valence-corrected chi connectivity index (χ4v) is 2.41. The van der Waals surface area contributed by atoms with Gasteiger partial charge in [-0.2, -0.15) is 0 Å². The monoisotopic (exact) mass is 268 g/mol. The van der Waals surface area contributed by atoms with Crippen LogP contribution in [0.2, 0.25) is 0 Å². The standard InChI is InChI=1S/C14H20O3S/c1-11-5-7-12(8-6-11)9-18(16)10-13(15)17-14(2,3)4/h5-8H,9-10H2,1-4H3/t18-/m1/s1. The zero-order chi connectivity index (χ0) is 13.8. The maximum Gasteiger partial charge on any atom is 0.319 e. The van der Waals surface area contributed by atoms with Gasteiger partial charge in [0.1, 0.15) is 11.4 Å². The summed E-state index contributed by atoms with van der Waals surface area (Å²) < 4.78 is 16.9. The van der Waals surface area contributed by atoms with Crippen LogP contribution >= 0.6 is 0 Å². The van der Waals surface area contributed by atoms with Crippen LogP contribution in [0, 0.1) is 6.92 Å². The van der Waals surface area contributed by atoms with E-state index in [1.807, 2.05) is 31.2 Å². The minimum Gasteiger partial charge on any atom is -0.459 e. The summed E-state index contributed by atoms with van der Waals surface area (Å²) >= 11 is 0. The van der Waals surface area contributed by atoms with Crippen LogP contribution in [0.25, 0.3) is 0 Å². The number of hydrogen-bond donors (Lipinski definition) is 0. The zero-order valence-corrected chi connectivity index (χ0v) is 12.2. The SMILES string of the molecule is Cc1ccc(C[S@@](=O)CC(=O)OC(C)(C)C)cc1. The molecule has 0 fully saturated rings. The molecule has 0 bridgehead atoms. The maximum absolute atomic E-state index is 11.8. The molecule has 4 heteroatoms. The second kappa shape index (κ2) is 6.14. The van der Waals surface area contributed by atoms with Gasteiger partial charge in [0, 0.05) is 16.6 Å². The zero-order valence-electron chi connectivity index (χ0n) is 11.4. The first-order valence-corrected chi connectivity index (χ1v) is 7.37. The van der Waals surface area contributed by atoms with Crippen LogP contribution in [0.4, 0.5) is 0 Å². The Hall–Kier alpha value is -1.16. The lowest BCUT2D eigenvalue weighted by atomic mass is 10.2. The lowest BCUT2D eigenvalue weighted by Gasteiger charge is -2.19. The summed E-state index contributed by atoms with van der Waals surface area (Å²) in [4.78, 5) is 11.5. The van der Waals surface area contributed by atoms with Crippen molar-refractivity contribution in [2.45, 2.75) is 39.0 Å². The molecule has 1 aromatic rings. The average Bonchev–Trinajstić information content (AvgIpc) is 2.18. The van der Waals surface area contributed by atoms with E-state index in [1.165, 1.54) is 0 Å². The molecule has 0 radical (unpaired) electrons. The minimum atomic E-state index is -1.22. The van der Waals surface area contributed by atoms with Gasteiger partial charge < -0.3 is 4.74 Å². The molecule has 100 valence electrons. The third-order valence-corrected chi connectivity index (χ3v) is 3.36. The number of carbonyl (C=O) groups is 1. The van der Waals surface area contributed by atoms with E-state index in [-0.39, 0.29) is 5.75 Å². The lowest BCUT2D eigenvalue weighted by molar-refractivity contribution is -0.151. The van der Waals surface area contributed by atoms with E-state index in [0.29, 0.717) is 5.75 Å². The summed E-state index contributed by atoms with van der Waals surface area (Å²) in [5.74, 6) is -0.0713. The van der Waals surface area contributed by atoms with Gasteiger partial charge in [-0.15, -0.1) is 0 Å². The number of esters is 1. The van der Waals surface area contributed by atoms with Gasteiger partial charge in [-0.05, 0) is 33.3 Å². The molecule has 0 amide bonds. The normalized spacial score (nSPS) is 13.1. The fourth-order valence-electron chi connectivity index (χ4n) is 1.42. The summed E-state index contributed by atoms with van der Waals surface area (Å²) in [5.41, 5.74) is 1.62. The molecule has 0 N–H and O–H groups in total. The molecule has 0 aliphatic rings. The Bertz CT molecular complexity index is 429. The molecule has 0 saturated heterocycles. The molecule has 0 aliphatic heterocycles. The molecule has 1 aromatic carbocycles. The molecule has 0 saturated carbocycles. The van der Waals surface area contributed by atoms with E-state index in [0.717, 1.165) is 11.1 Å². The molecule has 3 nitrogen and oxygen atoms in total. The van der Waals surface area contributed by atoms with Gasteiger partial charge >= 0.3 is 5.97 Å². The van der Waals surface area contributed by atoms with Gasteiger partial charge in [-0.25, -0.2) is 0 Å². The highest BCUT2D eigenvalue weighted by atomic mass is 32.2. The molecule has 1 rings (SSSR count). The first-order chi connectivity index (χ1) is 8.26. The van der Waals surface area contributed by atoms with Gasteiger partial charge in [0.25, 0.3) is 0 Å². The van der Waals surface area contributed by atoms with E-state index in [1.54, 1.807) is 20.8 Å². The minimum absolute atomic E-state index is 0.0504. The van der Waals surface area contributed by atoms with E-state index in [4.69, 9.17) is 4.74 Å². The quantitative estimate of drug-likeness (QED) is 0.788. The maximum atomic E-state index is 11.8. The summed E-state index contributed by atoms with van der Waals surface area (Å²) in [5, 5.41) is 0. The topological polar surface area (TPSA) is 43.4 Å². The van der Waals surface area contributed by atoms with Gasteiger partial charge in [-0.1, -0.05) is 29.8 Å². The number of ether oxygens (including phenoxy) is 1. The van der Waals surface area contributed by atoms with E-state index < -0.39 is 22.4 Å². The van der Waals surface area contributed by atoms with Gasteiger partial charge in [0.15, 0.2) is 0 Å².